The molecule has 2 aromatic rings. The molecule has 0 saturated carbocycles. The standard InChI is InChI=1S/C16H20N4O2/c1-3-5-10-20-16(15(11-17)18-19-20)12-22-14-8-6-13(7-9-14)21-4-2/h6-9H,3-5,10,12H2,1-2H3. The van der Waals surface area contributed by atoms with Gasteiger partial charge in [0.2, 0.25) is 0 Å². The van der Waals surface area contributed by atoms with Crippen molar-refractivity contribution in [2.45, 2.75) is 39.8 Å². The Hall–Kier alpha value is -2.55. The molecule has 0 N–H and O–H groups in total. The minimum Gasteiger partial charge on any atom is -0.494 e. The monoisotopic (exact) mass is 300 g/mol. The fourth-order valence-corrected chi connectivity index (χ4v) is 2.00. The largest absolute Gasteiger partial charge is 0.494 e. The second-order valence-corrected chi connectivity index (χ2v) is 4.77. The molecule has 6 nitrogen and oxygen atoms in total. The molecule has 0 amide bonds. The summed E-state index contributed by atoms with van der Waals surface area (Å²) in [6.07, 6.45) is 2.05. The molecule has 0 bridgehead atoms. The van der Waals surface area contributed by atoms with E-state index in [-0.39, 0.29) is 6.61 Å². The lowest BCUT2D eigenvalue weighted by atomic mass is 10.3. The molecule has 2 rings (SSSR count). The van der Waals surface area contributed by atoms with Gasteiger partial charge < -0.3 is 9.47 Å². The summed E-state index contributed by atoms with van der Waals surface area (Å²) in [7, 11) is 0. The smallest absolute Gasteiger partial charge is 0.189 e. The van der Waals surface area contributed by atoms with Crippen LogP contribution in [0.15, 0.2) is 24.3 Å². The van der Waals surface area contributed by atoms with Gasteiger partial charge in [-0.3, -0.25) is 0 Å². The van der Waals surface area contributed by atoms with Crippen LogP contribution < -0.4 is 9.47 Å². The molecule has 0 saturated heterocycles. The highest BCUT2D eigenvalue weighted by atomic mass is 16.5. The lowest BCUT2D eigenvalue weighted by Crippen LogP contribution is -2.09. The molecule has 0 atom stereocenters. The summed E-state index contributed by atoms with van der Waals surface area (Å²) in [5.41, 5.74) is 1.03. The predicted molar refractivity (Wildman–Crippen MR) is 81.6 cm³/mol. The molecule has 0 fully saturated rings. The molecule has 0 aliphatic carbocycles. The fraction of sp³-hybridized carbons (Fsp3) is 0.438. The van der Waals surface area contributed by atoms with E-state index in [0.29, 0.717) is 18.0 Å². The molecular formula is C16H20N4O2. The molecule has 116 valence electrons. The van der Waals surface area contributed by atoms with Gasteiger partial charge in [0.15, 0.2) is 5.69 Å². The fourth-order valence-electron chi connectivity index (χ4n) is 2.00. The van der Waals surface area contributed by atoms with E-state index in [4.69, 9.17) is 14.7 Å². The lowest BCUT2D eigenvalue weighted by molar-refractivity contribution is 0.289. The number of aryl methyl sites for hydroxylation is 1. The van der Waals surface area contributed by atoms with Crippen LogP contribution in [-0.2, 0) is 13.2 Å². The van der Waals surface area contributed by atoms with E-state index >= 15 is 0 Å². The van der Waals surface area contributed by atoms with Crippen LogP contribution in [0.5, 0.6) is 11.5 Å². The van der Waals surface area contributed by atoms with Gasteiger partial charge in [-0.05, 0) is 37.6 Å². The summed E-state index contributed by atoms with van der Waals surface area (Å²) in [6.45, 7) is 5.70. The predicted octanol–water partition coefficient (Wildman–Crippen LogP) is 2.93. The Morgan fingerprint density at radius 1 is 1.14 bits per heavy atom. The van der Waals surface area contributed by atoms with Crippen LogP contribution >= 0.6 is 0 Å². The third-order valence-corrected chi connectivity index (χ3v) is 3.18. The molecule has 0 unspecified atom stereocenters. The number of aromatic nitrogens is 3. The van der Waals surface area contributed by atoms with Crippen molar-refractivity contribution in [3.8, 4) is 17.6 Å². The van der Waals surface area contributed by atoms with Crippen LogP contribution in [0.25, 0.3) is 0 Å². The molecule has 1 aromatic heterocycles. The van der Waals surface area contributed by atoms with Gasteiger partial charge in [0, 0.05) is 6.54 Å². The number of nitrogens with zero attached hydrogens (tertiary/aromatic N) is 4. The van der Waals surface area contributed by atoms with Crippen molar-refractivity contribution in [3.05, 3.63) is 35.7 Å². The number of ether oxygens (including phenoxy) is 2. The van der Waals surface area contributed by atoms with Crippen LogP contribution in [0.2, 0.25) is 0 Å². The number of benzene rings is 1. The normalized spacial score (nSPS) is 10.2. The van der Waals surface area contributed by atoms with Gasteiger partial charge in [-0.1, -0.05) is 18.6 Å². The van der Waals surface area contributed by atoms with Crippen LogP contribution in [0, 0.1) is 11.3 Å². The molecule has 1 aromatic carbocycles. The number of hydrogen-bond acceptors (Lipinski definition) is 5. The summed E-state index contributed by atoms with van der Waals surface area (Å²) >= 11 is 0. The Morgan fingerprint density at radius 3 is 2.41 bits per heavy atom. The van der Waals surface area contributed by atoms with Crippen molar-refractivity contribution in [1.29, 1.82) is 5.26 Å². The second-order valence-electron chi connectivity index (χ2n) is 4.77. The Morgan fingerprint density at radius 2 is 1.82 bits per heavy atom. The zero-order valence-corrected chi connectivity index (χ0v) is 13.0. The van der Waals surface area contributed by atoms with E-state index in [0.717, 1.165) is 30.9 Å². The minimum absolute atomic E-state index is 0.271. The molecule has 0 aliphatic heterocycles. The Labute approximate surface area is 130 Å². The van der Waals surface area contributed by atoms with Crippen molar-refractivity contribution in [1.82, 2.24) is 15.0 Å². The zero-order chi connectivity index (χ0) is 15.8. The first-order chi connectivity index (χ1) is 10.8. The van der Waals surface area contributed by atoms with Gasteiger partial charge in [0.1, 0.15) is 29.9 Å². The molecule has 1 heterocycles. The van der Waals surface area contributed by atoms with E-state index in [1.54, 1.807) is 4.68 Å². The van der Waals surface area contributed by atoms with Crippen molar-refractivity contribution in [2.24, 2.45) is 0 Å². The second kappa shape index (κ2) is 8.03. The molecular weight excluding hydrogens is 280 g/mol. The maximum Gasteiger partial charge on any atom is 0.189 e. The van der Waals surface area contributed by atoms with Crippen LogP contribution in [0.1, 0.15) is 38.1 Å². The third-order valence-electron chi connectivity index (χ3n) is 3.18. The first-order valence-corrected chi connectivity index (χ1v) is 7.46. The summed E-state index contributed by atoms with van der Waals surface area (Å²) in [6, 6.07) is 9.46. The van der Waals surface area contributed by atoms with Crippen LogP contribution in [0.4, 0.5) is 0 Å². The number of unbranched alkanes of at least 4 members (excludes halogenated alkanes) is 1. The third kappa shape index (κ3) is 3.98. The summed E-state index contributed by atoms with van der Waals surface area (Å²) in [4.78, 5) is 0. The van der Waals surface area contributed by atoms with Crippen LogP contribution in [-0.4, -0.2) is 21.6 Å². The first kappa shape index (κ1) is 15.8. The van der Waals surface area contributed by atoms with Crippen molar-refractivity contribution in [2.75, 3.05) is 6.61 Å². The van der Waals surface area contributed by atoms with E-state index in [1.807, 2.05) is 31.2 Å². The Bertz CT molecular complexity index is 629. The maximum atomic E-state index is 9.11. The Kier molecular flexibility index (Phi) is 5.78. The van der Waals surface area contributed by atoms with Crippen molar-refractivity contribution in [3.63, 3.8) is 0 Å². The highest BCUT2D eigenvalue weighted by molar-refractivity contribution is 5.32. The number of nitriles is 1. The number of rotatable bonds is 8. The van der Waals surface area contributed by atoms with E-state index < -0.39 is 0 Å². The average Bonchev–Trinajstić information content (AvgIpc) is 2.94. The maximum absolute atomic E-state index is 9.11. The van der Waals surface area contributed by atoms with Gasteiger partial charge in [0.25, 0.3) is 0 Å². The van der Waals surface area contributed by atoms with E-state index in [2.05, 4.69) is 23.3 Å². The molecule has 0 aliphatic rings. The minimum atomic E-state index is 0.271. The molecule has 22 heavy (non-hydrogen) atoms. The van der Waals surface area contributed by atoms with E-state index in [9.17, 15) is 0 Å². The molecule has 0 spiro atoms. The quantitative estimate of drug-likeness (QED) is 0.749. The van der Waals surface area contributed by atoms with E-state index in [1.165, 1.54) is 0 Å². The van der Waals surface area contributed by atoms with Gasteiger partial charge >= 0.3 is 0 Å². The zero-order valence-electron chi connectivity index (χ0n) is 13.0. The van der Waals surface area contributed by atoms with Crippen molar-refractivity contribution < 1.29 is 9.47 Å². The first-order valence-electron chi connectivity index (χ1n) is 7.46. The lowest BCUT2D eigenvalue weighted by Gasteiger charge is -2.09. The van der Waals surface area contributed by atoms with Crippen LogP contribution in [0.3, 0.4) is 0 Å². The van der Waals surface area contributed by atoms with Gasteiger partial charge in [0.05, 0.1) is 6.61 Å². The average molecular weight is 300 g/mol. The van der Waals surface area contributed by atoms with Gasteiger partial charge in [-0.15, -0.1) is 5.10 Å². The van der Waals surface area contributed by atoms with Gasteiger partial charge in [-0.25, -0.2) is 4.68 Å². The molecule has 0 radical (unpaired) electrons. The number of hydrogen-bond donors (Lipinski definition) is 0. The topological polar surface area (TPSA) is 73.0 Å². The summed E-state index contributed by atoms with van der Waals surface area (Å²) in [5.74, 6) is 1.53. The SMILES string of the molecule is CCCCn1nnc(C#N)c1COc1ccc(OCC)cc1. The van der Waals surface area contributed by atoms with Gasteiger partial charge in [-0.2, -0.15) is 5.26 Å². The highest BCUT2D eigenvalue weighted by Crippen LogP contribution is 2.19. The van der Waals surface area contributed by atoms with Crippen molar-refractivity contribution >= 4 is 0 Å². The molecule has 6 heteroatoms. The summed E-state index contributed by atoms with van der Waals surface area (Å²) < 4.78 is 12.9. The summed E-state index contributed by atoms with van der Waals surface area (Å²) in [5, 5.41) is 17.0. The Balaban J connectivity index is 2.03. The highest BCUT2D eigenvalue weighted by Gasteiger charge is 2.13.